The second-order valence-corrected chi connectivity index (χ2v) is 3.53. The summed E-state index contributed by atoms with van der Waals surface area (Å²) in [5.41, 5.74) is 1.28. The van der Waals surface area contributed by atoms with E-state index in [1.807, 2.05) is 18.2 Å². The van der Waals surface area contributed by atoms with E-state index in [0.29, 0.717) is 6.04 Å². The van der Waals surface area contributed by atoms with Crippen LogP contribution in [0.2, 0.25) is 0 Å². The van der Waals surface area contributed by atoms with Gasteiger partial charge in [0.15, 0.2) is 0 Å². The monoisotopic (exact) mass is 205 g/mol. The van der Waals surface area contributed by atoms with Crippen molar-refractivity contribution >= 4 is 0 Å². The highest BCUT2D eigenvalue weighted by molar-refractivity contribution is 5.28. The van der Waals surface area contributed by atoms with E-state index in [9.17, 15) is 0 Å². The Hall–Kier alpha value is -1.28. The minimum Gasteiger partial charge on any atom is -0.497 e. The molecule has 0 aliphatic carbocycles. The van der Waals surface area contributed by atoms with E-state index in [2.05, 4.69) is 31.0 Å². The number of methoxy groups -OCH3 is 1. The Morgan fingerprint density at radius 3 is 2.60 bits per heavy atom. The lowest BCUT2D eigenvalue weighted by molar-refractivity contribution is 0.414. The third kappa shape index (κ3) is 3.76. The Bertz CT molecular complexity index is 292. The van der Waals surface area contributed by atoms with E-state index >= 15 is 0 Å². The van der Waals surface area contributed by atoms with E-state index in [-0.39, 0.29) is 0 Å². The highest BCUT2D eigenvalue weighted by Crippen LogP contribution is 2.16. The highest BCUT2D eigenvalue weighted by atomic mass is 16.5. The molecule has 0 heterocycles. The number of hydrogen-bond donors (Lipinski definition) is 1. The van der Waals surface area contributed by atoms with Gasteiger partial charge in [-0.25, -0.2) is 0 Å². The molecule has 2 nitrogen and oxygen atoms in total. The van der Waals surface area contributed by atoms with Gasteiger partial charge in [0.05, 0.1) is 7.11 Å². The molecule has 1 rings (SSSR count). The van der Waals surface area contributed by atoms with Crippen molar-refractivity contribution in [2.45, 2.75) is 19.4 Å². The SMILES string of the molecule is C=CCCN[C@H](C)c1ccc(OC)cc1. The molecule has 1 N–H and O–H groups in total. The third-order valence-corrected chi connectivity index (χ3v) is 2.41. The number of nitrogens with one attached hydrogen (secondary N) is 1. The van der Waals surface area contributed by atoms with Crippen LogP contribution >= 0.6 is 0 Å². The first-order valence-electron chi connectivity index (χ1n) is 5.26. The molecular weight excluding hydrogens is 186 g/mol. The predicted octanol–water partition coefficient (Wildman–Crippen LogP) is 2.92. The first kappa shape index (κ1) is 11.8. The van der Waals surface area contributed by atoms with Crippen molar-refractivity contribution in [1.29, 1.82) is 0 Å². The fourth-order valence-electron chi connectivity index (χ4n) is 1.41. The maximum Gasteiger partial charge on any atom is 0.118 e. The van der Waals surface area contributed by atoms with Crippen LogP contribution in [0.5, 0.6) is 5.75 Å². The zero-order valence-corrected chi connectivity index (χ0v) is 9.49. The molecule has 0 amide bonds. The Morgan fingerprint density at radius 2 is 2.07 bits per heavy atom. The van der Waals surface area contributed by atoms with Crippen LogP contribution in [-0.2, 0) is 0 Å². The molecule has 82 valence electrons. The lowest BCUT2D eigenvalue weighted by atomic mass is 10.1. The summed E-state index contributed by atoms with van der Waals surface area (Å²) in [6.07, 6.45) is 2.92. The molecule has 0 saturated heterocycles. The number of benzene rings is 1. The maximum absolute atomic E-state index is 5.11. The Labute approximate surface area is 92.0 Å². The van der Waals surface area contributed by atoms with Gasteiger partial charge in [-0.15, -0.1) is 6.58 Å². The van der Waals surface area contributed by atoms with Crippen molar-refractivity contribution < 1.29 is 4.74 Å². The molecule has 0 aromatic heterocycles. The van der Waals surface area contributed by atoms with Crippen LogP contribution < -0.4 is 10.1 Å². The molecule has 1 atom stereocenters. The summed E-state index contributed by atoms with van der Waals surface area (Å²) >= 11 is 0. The molecule has 15 heavy (non-hydrogen) atoms. The minimum atomic E-state index is 0.371. The van der Waals surface area contributed by atoms with Gasteiger partial charge < -0.3 is 10.1 Å². The average molecular weight is 205 g/mol. The summed E-state index contributed by atoms with van der Waals surface area (Å²) in [5.74, 6) is 0.900. The zero-order chi connectivity index (χ0) is 11.1. The van der Waals surface area contributed by atoms with Gasteiger partial charge in [-0.2, -0.15) is 0 Å². The van der Waals surface area contributed by atoms with Gasteiger partial charge in [-0.3, -0.25) is 0 Å². The van der Waals surface area contributed by atoms with Crippen LogP contribution in [0, 0.1) is 0 Å². The number of rotatable bonds is 6. The van der Waals surface area contributed by atoms with Gasteiger partial charge in [0.25, 0.3) is 0 Å². The van der Waals surface area contributed by atoms with Gasteiger partial charge in [-0.1, -0.05) is 18.2 Å². The summed E-state index contributed by atoms with van der Waals surface area (Å²) in [7, 11) is 1.68. The molecule has 0 aliphatic rings. The highest BCUT2D eigenvalue weighted by Gasteiger charge is 2.03. The molecule has 0 fully saturated rings. The van der Waals surface area contributed by atoms with Crippen molar-refractivity contribution in [3.8, 4) is 5.75 Å². The van der Waals surface area contributed by atoms with Crippen molar-refractivity contribution in [2.24, 2.45) is 0 Å². The normalized spacial score (nSPS) is 12.1. The molecule has 0 radical (unpaired) electrons. The first-order valence-corrected chi connectivity index (χ1v) is 5.26. The Balaban J connectivity index is 2.50. The van der Waals surface area contributed by atoms with Gasteiger partial charge >= 0.3 is 0 Å². The second-order valence-electron chi connectivity index (χ2n) is 3.53. The quantitative estimate of drug-likeness (QED) is 0.569. The number of hydrogen-bond acceptors (Lipinski definition) is 2. The van der Waals surface area contributed by atoms with Gasteiger partial charge in [0.2, 0.25) is 0 Å². The first-order chi connectivity index (χ1) is 7.27. The fourth-order valence-corrected chi connectivity index (χ4v) is 1.41. The third-order valence-electron chi connectivity index (χ3n) is 2.41. The van der Waals surface area contributed by atoms with Crippen molar-refractivity contribution in [3.63, 3.8) is 0 Å². The Kier molecular flexibility index (Phi) is 4.91. The van der Waals surface area contributed by atoms with Crippen LogP contribution in [-0.4, -0.2) is 13.7 Å². The van der Waals surface area contributed by atoms with Crippen LogP contribution in [0.3, 0.4) is 0 Å². The van der Waals surface area contributed by atoms with Gasteiger partial charge in [-0.05, 0) is 37.6 Å². The van der Waals surface area contributed by atoms with Gasteiger partial charge in [0, 0.05) is 6.04 Å². The van der Waals surface area contributed by atoms with Crippen LogP contribution in [0.15, 0.2) is 36.9 Å². The molecule has 0 saturated carbocycles. The minimum absolute atomic E-state index is 0.371. The number of ether oxygens (including phenoxy) is 1. The van der Waals surface area contributed by atoms with E-state index in [1.54, 1.807) is 7.11 Å². The molecule has 1 aromatic rings. The molecule has 0 unspecified atom stereocenters. The fraction of sp³-hybridized carbons (Fsp3) is 0.385. The lowest BCUT2D eigenvalue weighted by Gasteiger charge is -2.13. The largest absolute Gasteiger partial charge is 0.497 e. The molecule has 0 spiro atoms. The second kappa shape index (κ2) is 6.25. The maximum atomic E-state index is 5.11. The van der Waals surface area contributed by atoms with Crippen molar-refractivity contribution in [1.82, 2.24) is 5.32 Å². The van der Waals surface area contributed by atoms with E-state index in [4.69, 9.17) is 4.74 Å². The smallest absolute Gasteiger partial charge is 0.118 e. The van der Waals surface area contributed by atoms with E-state index in [0.717, 1.165) is 18.7 Å². The molecule has 0 bridgehead atoms. The molecule has 1 aromatic carbocycles. The summed E-state index contributed by atoms with van der Waals surface area (Å²) < 4.78 is 5.11. The van der Waals surface area contributed by atoms with Crippen LogP contribution in [0.4, 0.5) is 0 Å². The summed E-state index contributed by atoms with van der Waals surface area (Å²) in [6.45, 7) is 6.82. The van der Waals surface area contributed by atoms with Crippen molar-refractivity contribution in [2.75, 3.05) is 13.7 Å². The van der Waals surface area contributed by atoms with Crippen molar-refractivity contribution in [3.05, 3.63) is 42.5 Å². The summed E-state index contributed by atoms with van der Waals surface area (Å²) in [4.78, 5) is 0. The average Bonchev–Trinajstić information content (AvgIpc) is 2.29. The topological polar surface area (TPSA) is 21.3 Å². The Morgan fingerprint density at radius 1 is 1.40 bits per heavy atom. The van der Waals surface area contributed by atoms with Gasteiger partial charge in [0.1, 0.15) is 5.75 Å². The summed E-state index contributed by atoms with van der Waals surface area (Å²) in [5, 5.41) is 3.43. The molecule has 0 aliphatic heterocycles. The lowest BCUT2D eigenvalue weighted by Crippen LogP contribution is -2.19. The molecule has 2 heteroatoms. The standard InChI is InChI=1S/C13H19NO/c1-4-5-10-14-11(2)12-6-8-13(15-3)9-7-12/h4,6-9,11,14H,1,5,10H2,2-3H3/t11-/m1/s1. The van der Waals surface area contributed by atoms with Crippen LogP contribution in [0.1, 0.15) is 24.9 Å². The summed E-state index contributed by atoms with van der Waals surface area (Å²) in [6, 6.07) is 8.52. The van der Waals surface area contributed by atoms with Crippen LogP contribution in [0.25, 0.3) is 0 Å². The zero-order valence-electron chi connectivity index (χ0n) is 9.49. The van der Waals surface area contributed by atoms with E-state index < -0.39 is 0 Å². The predicted molar refractivity (Wildman–Crippen MR) is 64.2 cm³/mol. The van der Waals surface area contributed by atoms with E-state index in [1.165, 1.54) is 5.56 Å². The molecular formula is C13H19NO.